The van der Waals surface area contributed by atoms with E-state index in [1.807, 2.05) is 37.5 Å². The second kappa shape index (κ2) is 4.78. The van der Waals surface area contributed by atoms with Gasteiger partial charge in [0.2, 0.25) is 0 Å². The first-order valence-electron chi connectivity index (χ1n) is 4.91. The summed E-state index contributed by atoms with van der Waals surface area (Å²) >= 11 is 2.21. The van der Waals surface area contributed by atoms with Crippen LogP contribution in [0.5, 0.6) is 0 Å². The maximum Gasteiger partial charge on any atom is 0.167 e. The van der Waals surface area contributed by atoms with E-state index < -0.39 is 0 Å². The molecule has 2 rings (SSSR count). The van der Waals surface area contributed by atoms with Gasteiger partial charge in [0.1, 0.15) is 0 Å². The van der Waals surface area contributed by atoms with Crippen molar-refractivity contribution in [1.29, 1.82) is 0 Å². The number of halogens is 1. The molecule has 1 aromatic heterocycles. The third kappa shape index (κ3) is 2.69. The van der Waals surface area contributed by atoms with Gasteiger partial charge in [-0.15, -0.1) is 0 Å². The molecule has 0 aliphatic rings. The second-order valence-electron chi connectivity index (χ2n) is 3.63. The van der Waals surface area contributed by atoms with E-state index in [0.29, 0.717) is 6.42 Å². The van der Waals surface area contributed by atoms with Gasteiger partial charge in [0.25, 0.3) is 0 Å². The first-order valence-corrected chi connectivity index (χ1v) is 5.99. The summed E-state index contributed by atoms with van der Waals surface area (Å²) in [6.45, 7) is 0. The first-order chi connectivity index (χ1) is 7.65. The Bertz CT molecular complexity index is 519. The number of Topliss-reactive ketones (excluding diaryl/α,β-unsaturated/α-hetero) is 1. The van der Waals surface area contributed by atoms with Gasteiger partial charge < -0.3 is 0 Å². The molecule has 0 aliphatic carbocycles. The molecule has 0 fully saturated rings. The lowest BCUT2D eigenvalue weighted by Gasteiger charge is -1.99. The number of aromatic nitrogens is 2. The van der Waals surface area contributed by atoms with Crippen LogP contribution in [0.15, 0.2) is 36.7 Å². The van der Waals surface area contributed by atoms with Crippen LogP contribution in [0.25, 0.3) is 0 Å². The van der Waals surface area contributed by atoms with Crippen molar-refractivity contribution in [1.82, 2.24) is 9.78 Å². The molecule has 82 valence electrons. The molecule has 0 radical (unpaired) electrons. The first kappa shape index (κ1) is 11.3. The summed E-state index contributed by atoms with van der Waals surface area (Å²) in [5.74, 6) is 0.131. The lowest BCUT2D eigenvalue weighted by molar-refractivity contribution is 0.0993. The van der Waals surface area contributed by atoms with Crippen LogP contribution in [0.1, 0.15) is 15.9 Å². The number of nitrogens with zero attached hydrogens (tertiary/aromatic N) is 2. The highest BCUT2D eigenvalue weighted by molar-refractivity contribution is 14.1. The van der Waals surface area contributed by atoms with Crippen LogP contribution >= 0.6 is 22.6 Å². The quantitative estimate of drug-likeness (QED) is 0.641. The Balaban J connectivity index is 2.14. The van der Waals surface area contributed by atoms with Crippen LogP contribution in [-0.2, 0) is 13.5 Å². The Labute approximate surface area is 108 Å². The maximum atomic E-state index is 11.9. The summed E-state index contributed by atoms with van der Waals surface area (Å²) in [5, 5.41) is 4.04. The molecule has 4 heteroatoms. The molecule has 1 heterocycles. The predicted molar refractivity (Wildman–Crippen MR) is 70.4 cm³/mol. The number of carbonyl (C=O) groups is 1. The van der Waals surface area contributed by atoms with Gasteiger partial charge in [-0.1, -0.05) is 12.1 Å². The molecule has 0 bridgehead atoms. The highest BCUT2D eigenvalue weighted by Gasteiger charge is 2.08. The number of hydrogen-bond donors (Lipinski definition) is 0. The van der Waals surface area contributed by atoms with Gasteiger partial charge in [-0.25, -0.2) is 0 Å². The fourth-order valence-electron chi connectivity index (χ4n) is 1.51. The van der Waals surface area contributed by atoms with Crippen molar-refractivity contribution >= 4 is 28.4 Å². The van der Waals surface area contributed by atoms with E-state index in [4.69, 9.17) is 0 Å². The molecule has 1 aromatic carbocycles. The van der Waals surface area contributed by atoms with Gasteiger partial charge in [-0.3, -0.25) is 9.48 Å². The molecule has 0 saturated heterocycles. The van der Waals surface area contributed by atoms with Crippen molar-refractivity contribution in [2.75, 3.05) is 0 Å². The number of ketones is 1. The van der Waals surface area contributed by atoms with Gasteiger partial charge in [0.15, 0.2) is 5.78 Å². The SMILES string of the molecule is Cn1cc(CC(=O)c2cccc(I)c2)cn1. The molecule has 0 unspecified atom stereocenters. The molecular formula is C12H11IN2O. The molecule has 0 N–H and O–H groups in total. The van der Waals surface area contributed by atoms with Crippen molar-refractivity contribution in [3.05, 3.63) is 51.4 Å². The van der Waals surface area contributed by atoms with Gasteiger partial charge in [-0.05, 0) is 40.3 Å². The van der Waals surface area contributed by atoms with Crippen molar-refractivity contribution in [2.45, 2.75) is 6.42 Å². The van der Waals surface area contributed by atoms with Crippen LogP contribution < -0.4 is 0 Å². The van der Waals surface area contributed by atoms with Crippen molar-refractivity contribution in [3.8, 4) is 0 Å². The fourth-order valence-corrected chi connectivity index (χ4v) is 2.06. The minimum atomic E-state index is 0.131. The lowest BCUT2D eigenvalue weighted by Crippen LogP contribution is -2.03. The van der Waals surface area contributed by atoms with E-state index in [9.17, 15) is 4.79 Å². The van der Waals surface area contributed by atoms with E-state index in [0.717, 1.165) is 14.7 Å². The Morgan fingerprint density at radius 3 is 2.94 bits per heavy atom. The van der Waals surface area contributed by atoms with E-state index in [1.54, 1.807) is 10.9 Å². The zero-order chi connectivity index (χ0) is 11.5. The topological polar surface area (TPSA) is 34.9 Å². The zero-order valence-corrected chi connectivity index (χ0v) is 11.0. The third-order valence-corrected chi connectivity index (χ3v) is 2.94. The van der Waals surface area contributed by atoms with Crippen molar-refractivity contribution in [3.63, 3.8) is 0 Å². The Morgan fingerprint density at radius 2 is 2.31 bits per heavy atom. The summed E-state index contributed by atoms with van der Waals surface area (Å²) in [5.41, 5.74) is 1.71. The molecule has 16 heavy (non-hydrogen) atoms. The minimum Gasteiger partial charge on any atom is -0.294 e. The van der Waals surface area contributed by atoms with E-state index in [-0.39, 0.29) is 5.78 Å². The summed E-state index contributed by atoms with van der Waals surface area (Å²) in [6, 6.07) is 7.62. The van der Waals surface area contributed by atoms with Crippen LogP contribution in [0.2, 0.25) is 0 Å². The fraction of sp³-hybridized carbons (Fsp3) is 0.167. The Kier molecular flexibility index (Phi) is 3.38. The summed E-state index contributed by atoms with van der Waals surface area (Å²) in [4.78, 5) is 11.9. The monoisotopic (exact) mass is 326 g/mol. The van der Waals surface area contributed by atoms with Gasteiger partial charge in [-0.2, -0.15) is 5.10 Å². The molecule has 0 saturated carbocycles. The van der Waals surface area contributed by atoms with E-state index >= 15 is 0 Å². The highest BCUT2D eigenvalue weighted by atomic mass is 127. The average Bonchev–Trinajstić information content (AvgIpc) is 2.64. The molecule has 0 amide bonds. The third-order valence-electron chi connectivity index (χ3n) is 2.27. The number of benzene rings is 1. The smallest absolute Gasteiger partial charge is 0.167 e. The molecule has 0 spiro atoms. The Hall–Kier alpha value is -1.17. The predicted octanol–water partition coefficient (Wildman–Crippen LogP) is 2.45. The van der Waals surface area contributed by atoms with Crippen LogP contribution in [0, 0.1) is 3.57 Å². The minimum absolute atomic E-state index is 0.131. The highest BCUT2D eigenvalue weighted by Crippen LogP contribution is 2.11. The van der Waals surface area contributed by atoms with Gasteiger partial charge in [0.05, 0.1) is 6.20 Å². The Morgan fingerprint density at radius 1 is 1.50 bits per heavy atom. The molecule has 3 nitrogen and oxygen atoms in total. The van der Waals surface area contributed by atoms with Crippen molar-refractivity contribution in [2.24, 2.45) is 7.05 Å². The standard InChI is InChI=1S/C12H11IN2O/c1-15-8-9(7-14-15)5-12(16)10-3-2-4-11(13)6-10/h2-4,6-8H,5H2,1H3. The molecule has 0 aliphatic heterocycles. The molecular weight excluding hydrogens is 315 g/mol. The largest absolute Gasteiger partial charge is 0.294 e. The second-order valence-corrected chi connectivity index (χ2v) is 4.88. The lowest BCUT2D eigenvalue weighted by atomic mass is 10.1. The van der Waals surface area contributed by atoms with Gasteiger partial charge >= 0.3 is 0 Å². The maximum absolute atomic E-state index is 11.9. The normalized spacial score (nSPS) is 10.4. The van der Waals surface area contributed by atoms with Gasteiger partial charge in [0, 0.05) is 28.8 Å². The number of aryl methyl sites for hydroxylation is 1. The number of hydrogen-bond acceptors (Lipinski definition) is 2. The summed E-state index contributed by atoms with van der Waals surface area (Å²) in [6.07, 6.45) is 4.01. The zero-order valence-electron chi connectivity index (χ0n) is 8.85. The average molecular weight is 326 g/mol. The molecule has 0 atom stereocenters. The number of rotatable bonds is 3. The van der Waals surface area contributed by atoms with E-state index in [2.05, 4.69) is 27.7 Å². The number of carbonyl (C=O) groups excluding carboxylic acids is 1. The summed E-state index contributed by atoms with van der Waals surface area (Å²) < 4.78 is 2.78. The molecule has 2 aromatic rings. The van der Waals surface area contributed by atoms with Crippen LogP contribution in [-0.4, -0.2) is 15.6 Å². The van der Waals surface area contributed by atoms with E-state index in [1.165, 1.54) is 0 Å². The summed E-state index contributed by atoms with van der Waals surface area (Å²) in [7, 11) is 1.85. The van der Waals surface area contributed by atoms with Crippen molar-refractivity contribution < 1.29 is 4.79 Å². The van der Waals surface area contributed by atoms with Crippen LogP contribution in [0.3, 0.4) is 0 Å². The van der Waals surface area contributed by atoms with Crippen LogP contribution in [0.4, 0.5) is 0 Å².